The maximum Gasteiger partial charge on any atom is 0.339 e. The van der Waals surface area contributed by atoms with Crippen LogP contribution in [-0.2, 0) is 21.4 Å². The third-order valence-electron chi connectivity index (χ3n) is 4.43. The lowest BCUT2D eigenvalue weighted by Crippen LogP contribution is -2.35. The van der Waals surface area contributed by atoms with Crippen LogP contribution in [0.5, 0.6) is 5.75 Å². The predicted molar refractivity (Wildman–Crippen MR) is 116 cm³/mol. The second-order valence-electron chi connectivity index (χ2n) is 6.42. The Morgan fingerprint density at radius 2 is 1.70 bits per heavy atom. The third-order valence-corrected chi connectivity index (χ3v) is 6.40. The minimum absolute atomic E-state index is 0. The molecular weight excluding hydrogens is 501 g/mol. The summed E-state index contributed by atoms with van der Waals surface area (Å²) in [5.41, 5.74) is 3.02. The smallest absolute Gasteiger partial charge is 0.339 e. The molecule has 1 heterocycles. The van der Waals surface area contributed by atoms with Gasteiger partial charge in [0, 0.05) is 23.2 Å². The van der Waals surface area contributed by atoms with Crippen LogP contribution in [0.3, 0.4) is 0 Å². The van der Waals surface area contributed by atoms with Gasteiger partial charge in [-0.15, -0.1) is 12.4 Å². The van der Waals surface area contributed by atoms with E-state index >= 15 is 0 Å². The number of hydrogen-bond acceptors (Lipinski definition) is 5. The molecule has 0 bridgehead atoms. The molecule has 3 rings (SSSR count). The van der Waals surface area contributed by atoms with Crippen molar-refractivity contribution in [3.63, 3.8) is 0 Å². The molecular formula is C19H23ClINO4S. The van der Waals surface area contributed by atoms with Crippen molar-refractivity contribution in [1.82, 2.24) is 4.90 Å². The van der Waals surface area contributed by atoms with Crippen molar-refractivity contribution in [2.24, 2.45) is 0 Å². The van der Waals surface area contributed by atoms with Gasteiger partial charge in [-0.05, 0) is 83.5 Å². The highest BCUT2D eigenvalue weighted by molar-refractivity contribution is 14.1. The molecule has 1 aliphatic rings. The van der Waals surface area contributed by atoms with Crippen LogP contribution in [0.4, 0.5) is 0 Å². The Hall–Kier alpha value is -0.870. The molecule has 0 atom stereocenters. The van der Waals surface area contributed by atoms with Crippen LogP contribution in [-0.4, -0.2) is 39.6 Å². The Balaban J connectivity index is 0.00000261. The largest absolute Gasteiger partial charge is 0.379 e. The molecule has 0 saturated carbocycles. The van der Waals surface area contributed by atoms with Gasteiger partial charge in [-0.2, -0.15) is 8.42 Å². The Labute approximate surface area is 180 Å². The van der Waals surface area contributed by atoms with Crippen LogP contribution < -0.4 is 4.18 Å². The van der Waals surface area contributed by atoms with Crippen molar-refractivity contribution in [2.75, 3.05) is 26.3 Å². The average molecular weight is 524 g/mol. The first-order valence-electron chi connectivity index (χ1n) is 8.45. The van der Waals surface area contributed by atoms with Crippen molar-refractivity contribution in [2.45, 2.75) is 25.3 Å². The van der Waals surface area contributed by atoms with Crippen molar-refractivity contribution in [3.05, 3.63) is 56.7 Å². The zero-order valence-corrected chi connectivity index (χ0v) is 19.1. The standard InChI is InChI=1S/C19H22INO4S.ClH/c1-14-12-19(25-26(22,23)18-5-3-17(20)4-6-18)15(2)11-16(14)13-21-7-9-24-10-8-21;/h3-6,11-12H,7-10,13H2,1-2H3;1H. The van der Waals surface area contributed by atoms with Gasteiger partial charge < -0.3 is 8.92 Å². The van der Waals surface area contributed by atoms with Crippen LogP contribution in [0, 0.1) is 17.4 Å². The van der Waals surface area contributed by atoms with Crippen LogP contribution in [0.1, 0.15) is 16.7 Å². The van der Waals surface area contributed by atoms with E-state index in [2.05, 4.69) is 27.5 Å². The molecule has 0 unspecified atom stereocenters. The van der Waals surface area contributed by atoms with Gasteiger partial charge in [-0.3, -0.25) is 4.90 Å². The van der Waals surface area contributed by atoms with E-state index in [0.717, 1.165) is 47.5 Å². The summed E-state index contributed by atoms with van der Waals surface area (Å²) >= 11 is 2.14. The SMILES string of the molecule is Cc1cc(OS(=O)(=O)c2ccc(I)cc2)c(C)cc1CN1CCOCC1.Cl. The van der Waals surface area contributed by atoms with Crippen molar-refractivity contribution in [3.8, 4) is 5.75 Å². The minimum Gasteiger partial charge on any atom is -0.379 e. The predicted octanol–water partition coefficient (Wildman–Crippen LogP) is 3.93. The summed E-state index contributed by atoms with van der Waals surface area (Å²) in [6.45, 7) is 8.04. The van der Waals surface area contributed by atoms with Crippen LogP contribution >= 0.6 is 35.0 Å². The number of ether oxygens (including phenoxy) is 1. The van der Waals surface area contributed by atoms with Gasteiger partial charge >= 0.3 is 10.1 Å². The molecule has 8 heteroatoms. The highest BCUT2D eigenvalue weighted by Gasteiger charge is 2.19. The Morgan fingerprint density at radius 3 is 2.33 bits per heavy atom. The van der Waals surface area contributed by atoms with E-state index in [4.69, 9.17) is 8.92 Å². The molecule has 27 heavy (non-hydrogen) atoms. The number of aryl methyl sites for hydroxylation is 2. The molecule has 1 fully saturated rings. The minimum atomic E-state index is -3.84. The first-order valence-corrected chi connectivity index (χ1v) is 10.9. The van der Waals surface area contributed by atoms with Gasteiger partial charge in [0.05, 0.1) is 13.2 Å². The molecule has 2 aromatic carbocycles. The topological polar surface area (TPSA) is 55.8 Å². The third kappa shape index (κ3) is 5.80. The first kappa shape index (κ1) is 22.4. The van der Waals surface area contributed by atoms with Crippen LogP contribution in [0.2, 0.25) is 0 Å². The zero-order chi connectivity index (χ0) is 18.7. The molecule has 1 saturated heterocycles. The summed E-state index contributed by atoms with van der Waals surface area (Å²) in [5, 5.41) is 0. The fraction of sp³-hybridized carbons (Fsp3) is 0.368. The molecule has 1 aliphatic heterocycles. The normalized spacial score (nSPS) is 15.2. The summed E-state index contributed by atoms with van der Waals surface area (Å²) in [6.07, 6.45) is 0. The monoisotopic (exact) mass is 523 g/mol. The maximum atomic E-state index is 12.5. The van der Waals surface area contributed by atoms with Crippen LogP contribution in [0.25, 0.3) is 0 Å². The number of rotatable bonds is 5. The number of benzene rings is 2. The number of nitrogens with zero attached hydrogens (tertiary/aromatic N) is 1. The molecule has 148 valence electrons. The van der Waals surface area contributed by atoms with Gasteiger partial charge in [-0.1, -0.05) is 6.07 Å². The number of halogens is 2. The van der Waals surface area contributed by atoms with Gasteiger partial charge in [-0.25, -0.2) is 0 Å². The summed E-state index contributed by atoms with van der Waals surface area (Å²) in [6, 6.07) is 10.5. The Kier molecular flexibility index (Phi) is 7.94. The molecule has 0 aliphatic carbocycles. The summed E-state index contributed by atoms with van der Waals surface area (Å²) in [5.74, 6) is 0.381. The molecule has 0 aromatic heterocycles. The molecule has 0 spiro atoms. The Morgan fingerprint density at radius 1 is 1.07 bits per heavy atom. The quantitative estimate of drug-likeness (QED) is 0.439. The van der Waals surface area contributed by atoms with Gasteiger partial charge in [0.2, 0.25) is 0 Å². The lowest BCUT2D eigenvalue weighted by Gasteiger charge is -2.27. The zero-order valence-electron chi connectivity index (χ0n) is 15.3. The van der Waals surface area contributed by atoms with Crippen molar-refractivity contribution < 1.29 is 17.3 Å². The van der Waals surface area contributed by atoms with Crippen molar-refractivity contribution >= 4 is 45.1 Å². The van der Waals surface area contributed by atoms with E-state index < -0.39 is 10.1 Å². The molecule has 0 amide bonds. The molecule has 0 N–H and O–H groups in total. The number of morpholine rings is 1. The van der Waals surface area contributed by atoms with Crippen LogP contribution in [0.15, 0.2) is 41.3 Å². The molecule has 0 radical (unpaired) electrons. The second kappa shape index (κ2) is 9.56. The fourth-order valence-electron chi connectivity index (χ4n) is 2.88. The highest BCUT2D eigenvalue weighted by atomic mass is 127. The first-order chi connectivity index (χ1) is 12.3. The lowest BCUT2D eigenvalue weighted by atomic mass is 10.0. The van der Waals surface area contributed by atoms with Gasteiger partial charge in [0.25, 0.3) is 0 Å². The fourth-order valence-corrected chi connectivity index (χ4v) is 4.22. The second-order valence-corrected chi connectivity index (χ2v) is 9.22. The summed E-state index contributed by atoms with van der Waals surface area (Å²) in [4.78, 5) is 2.50. The van der Waals surface area contributed by atoms with E-state index in [1.807, 2.05) is 26.0 Å². The highest BCUT2D eigenvalue weighted by Crippen LogP contribution is 2.27. The lowest BCUT2D eigenvalue weighted by molar-refractivity contribution is 0.0341. The molecule has 5 nitrogen and oxygen atoms in total. The average Bonchev–Trinajstić information content (AvgIpc) is 2.60. The van der Waals surface area contributed by atoms with E-state index in [1.165, 1.54) is 5.56 Å². The van der Waals surface area contributed by atoms with E-state index in [9.17, 15) is 8.42 Å². The van der Waals surface area contributed by atoms with E-state index in [-0.39, 0.29) is 17.3 Å². The van der Waals surface area contributed by atoms with E-state index in [0.29, 0.717) is 5.75 Å². The summed E-state index contributed by atoms with van der Waals surface area (Å²) in [7, 11) is -3.84. The number of hydrogen-bond donors (Lipinski definition) is 0. The van der Waals surface area contributed by atoms with Gasteiger partial charge in [0.15, 0.2) is 0 Å². The summed E-state index contributed by atoms with van der Waals surface area (Å²) < 4.78 is 36.8. The van der Waals surface area contributed by atoms with Crippen molar-refractivity contribution in [1.29, 1.82) is 0 Å². The molecule has 2 aromatic rings. The Bertz CT molecular complexity index is 881. The maximum absolute atomic E-state index is 12.5. The van der Waals surface area contributed by atoms with E-state index in [1.54, 1.807) is 24.3 Å². The van der Waals surface area contributed by atoms with Gasteiger partial charge in [0.1, 0.15) is 10.6 Å².